The number of nitrogens with two attached hydrogens (primary N) is 1. The quantitative estimate of drug-likeness (QED) is 0.523. The van der Waals surface area contributed by atoms with Crippen LogP contribution in [-0.4, -0.2) is 31.8 Å². The summed E-state index contributed by atoms with van der Waals surface area (Å²) in [7, 11) is 1.85. The molecule has 1 saturated carbocycles. The van der Waals surface area contributed by atoms with E-state index in [-0.39, 0.29) is 5.56 Å². The smallest absolute Gasteiger partial charge is 0.274 e. The maximum absolute atomic E-state index is 12.7. The van der Waals surface area contributed by atoms with E-state index in [1.54, 1.807) is 17.1 Å². The lowest BCUT2D eigenvalue weighted by Crippen LogP contribution is -2.23. The van der Waals surface area contributed by atoms with E-state index in [1.165, 1.54) is 16.4 Å². The van der Waals surface area contributed by atoms with E-state index >= 15 is 0 Å². The zero-order chi connectivity index (χ0) is 18.8. The number of aryl methyl sites for hydroxylation is 1. The van der Waals surface area contributed by atoms with Crippen molar-refractivity contribution in [2.45, 2.75) is 30.3 Å². The monoisotopic (exact) mass is 380 g/mol. The first-order valence-electron chi connectivity index (χ1n) is 8.74. The molecule has 0 amide bonds. The minimum Gasteiger partial charge on any atom is -0.404 e. The fraction of sp³-hybridized carbons (Fsp3) is 0.263. The minimum absolute atomic E-state index is 0.125. The number of fused-ring (bicyclic) bond motifs is 1. The summed E-state index contributed by atoms with van der Waals surface area (Å²) in [6.45, 7) is 0.351. The summed E-state index contributed by atoms with van der Waals surface area (Å²) >= 11 is 1.53. The van der Waals surface area contributed by atoms with Gasteiger partial charge in [0, 0.05) is 40.8 Å². The van der Waals surface area contributed by atoms with Gasteiger partial charge >= 0.3 is 0 Å². The van der Waals surface area contributed by atoms with Crippen molar-refractivity contribution in [3.8, 4) is 0 Å². The Morgan fingerprint density at radius 3 is 2.96 bits per heavy atom. The molecule has 0 bridgehead atoms. The summed E-state index contributed by atoms with van der Waals surface area (Å²) in [5, 5.41) is 10.0. The van der Waals surface area contributed by atoms with Crippen LogP contribution in [0.1, 0.15) is 18.5 Å². The second-order valence-corrected chi connectivity index (χ2v) is 7.66. The average molecular weight is 380 g/mol. The first kappa shape index (κ1) is 17.5. The predicted octanol–water partition coefficient (Wildman–Crippen LogP) is 2.30. The fourth-order valence-corrected chi connectivity index (χ4v) is 3.46. The lowest BCUT2D eigenvalue weighted by Gasteiger charge is -2.06. The van der Waals surface area contributed by atoms with Crippen LogP contribution in [0.5, 0.6) is 0 Å². The van der Waals surface area contributed by atoms with Crippen molar-refractivity contribution in [3.05, 3.63) is 63.8 Å². The van der Waals surface area contributed by atoms with Gasteiger partial charge in [-0.05, 0) is 37.1 Å². The largest absolute Gasteiger partial charge is 0.404 e. The van der Waals surface area contributed by atoms with Crippen molar-refractivity contribution in [1.29, 1.82) is 0 Å². The first-order valence-corrected chi connectivity index (χ1v) is 9.55. The van der Waals surface area contributed by atoms with Gasteiger partial charge in [-0.25, -0.2) is 4.68 Å². The highest BCUT2D eigenvalue weighted by Gasteiger charge is 2.19. The van der Waals surface area contributed by atoms with Crippen LogP contribution in [0.15, 0.2) is 62.4 Å². The van der Waals surface area contributed by atoms with Crippen LogP contribution in [0, 0.1) is 0 Å². The summed E-state index contributed by atoms with van der Waals surface area (Å²) in [5.74, 6) is 0. The number of rotatable bonds is 6. The van der Waals surface area contributed by atoms with Gasteiger partial charge < -0.3 is 5.73 Å². The SMILES string of the molecule is Cn1ccc(Cn2ncc3cc(SC(C=NC4CC4)=CN)ccc3c2=O)n1. The maximum atomic E-state index is 12.7. The molecule has 0 atom stereocenters. The Hall–Kier alpha value is -2.87. The molecule has 1 aliphatic rings. The lowest BCUT2D eigenvalue weighted by atomic mass is 10.2. The van der Waals surface area contributed by atoms with E-state index in [1.807, 2.05) is 43.7 Å². The molecule has 27 heavy (non-hydrogen) atoms. The van der Waals surface area contributed by atoms with Crippen molar-refractivity contribution in [2.75, 3.05) is 0 Å². The standard InChI is InChI=1S/C19H20N6OS/c1-24-7-6-15(23-24)12-25-19(26)18-5-4-16(8-13(18)10-22-25)27-17(9-20)11-21-14-2-3-14/h4-11,14H,2-3,12,20H2,1H3. The van der Waals surface area contributed by atoms with Gasteiger partial charge in [0.05, 0.1) is 29.9 Å². The molecule has 4 rings (SSSR count). The Bertz CT molecular complexity index is 1090. The van der Waals surface area contributed by atoms with Crippen LogP contribution in [0.25, 0.3) is 10.8 Å². The predicted molar refractivity (Wildman–Crippen MR) is 108 cm³/mol. The normalized spacial score (nSPS) is 15.1. The van der Waals surface area contributed by atoms with Crippen molar-refractivity contribution < 1.29 is 0 Å². The van der Waals surface area contributed by atoms with E-state index in [2.05, 4.69) is 15.2 Å². The third-order valence-electron chi connectivity index (χ3n) is 4.26. The van der Waals surface area contributed by atoms with Crippen LogP contribution >= 0.6 is 11.8 Å². The molecule has 8 heteroatoms. The Morgan fingerprint density at radius 1 is 1.41 bits per heavy atom. The molecule has 1 fully saturated rings. The molecular formula is C19H20N6OS. The van der Waals surface area contributed by atoms with Crippen LogP contribution < -0.4 is 11.3 Å². The van der Waals surface area contributed by atoms with E-state index in [0.717, 1.165) is 33.7 Å². The lowest BCUT2D eigenvalue weighted by molar-refractivity contribution is 0.621. The Labute approximate surface area is 160 Å². The van der Waals surface area contributed by atoms with Crippen molar-refractivity contribution >= 4 is 28.7 Å². The second-order valence-electron chi connectivity index (χ2n) is 6.52. The molecule has 3 aromatic rings. The van der Waals surface area contributed by atoms with E-state index in [0.29, 0.717) is 18.0 Å². The number of thioether (sulfide) groups is 1. The zero-order valence-electron chi connectivity index (χ0n) is 14.9. The Morgan fingerprint density at radius 2 is 2.26 bits per heavy atom. The molecule has 0 unspecified atom stereocenters. The van der Waals surface area contributed by atoms with E-state index in [4.69, 9.17) is 5.73 Å². The van der Waals surface area contributed by atoms with E-state index < -0.39 is 0 Å². The maximum Gasteiger partial charge on any atom is 0.274 e. The van der Waals surface area contributed by atoms with Gasteiger partial charge in [0.2, 0.25) is 0 Å². The number of aromatic nitrogens is 4. The second kappa shape index (κ2) is 7.40. The van der Waals surface area contributed by atoms with Gasteiger partial charge in [-0.3, -0.25) is 14.5 Å². The summed E-state index contributed by atoms with van der Waals surface area (Å²) in [5.41, 5.74) is 6.38. The number of hydrogen-bond acceptors (Lipinski definition) is 6. The van der Waals surface area contributed by atoms with Crippen molar-refractivity contribution in [2.24, 2.45) is 17.8 Å². The van der Waals surface area contributed by atoms with Gasteiger partial charge in [0.25, 0.3) is 5.56 Å². The van der Waals surface area contributed by atoms with Crippen LogP contribution in [0.3, 0.4) is 0 Å². The molecule has 1 aliphatic carbocycles. The summed E-state index contributed by atoms with van der Waals surface area (Å²) in [6, 6.07) is 8.05. The molecule has 1 aromatic carbocycles. The first-order chi connectivity index (χ1) is 13.1. The molecule has 0 spiro atoms. The molecule has 2 N–H and O–H groups in total. The van der Waals surface area contributed by atoms with E-state index in [9.17, 15) is 4.79 Å². The highest BCUT2D eigenvalue weighted by molar-refractivity contribution is 8.04. The summed E-state index contributed by atoms with van der Waals surface area (Å²) in [6.07, 6.45) is 9.27. The molecular weight excluding hydrogens is 360 g/mol. The Kier molecular flexibility index (Phi) is 4.81. The third-order valence-corrected chi connectivity index (χ3v) is 5.23. The van der Waals surface area contributed by atoms with Crippen molar-refractivity contribution in [3.63, 3.8) is 0 Å². The summed E-state index contributed by atoms with van der Waals surface area (Å²) in [4.78, 5) is 19.1. The zero-order valence-corrected chi connectivity index (χ0v) is 15.8. The molecule has 0 aliphatic heterocycles. The highest BCUT2D eigenvalue weighted by Crippen LogP contribution is 2.29. The number of aliphatic imine (C=N–C) groups is 1. The molecule has 138 valence electrons. The van der Waals surface area contributed by atoms with Crippen LogP contribution in [0.4, 0.5) is 0 Å². The van der Waals surface area contributed by atoms with Gasteiger partial charge in [-0.15, -0.1) is 0 Å². The fourth-order valence-electron chi connectivity index (χ4n) is 2.68. The molecule has 2 aromatic heterocycles. The van der Waals surface area contributed by atoms with Crippen LogP contribution in [-0.2, 0) is 13.6 Å². The highest BCUT2D eigenvalue weighted by atomic mass is 32.2. The summed E-state index contributed by atoms with van der Waals surface area (Å²) < 4.78 is 3.14. The van der Waals surface area contributed by atoms with Gasteiger partial charge in [0.1, 0.15) is 0 Å². The van der Waals surface area contributed by atoms with Crippen LogP contribution in [0.2, 0.25) is 0 Å². The average Bonchev–Trinajstić information content (AvgIpc) is 3.41. The number of allylic oxidation sites excluding steroid dienone is 1. The third kappa shape index (κ3) is 4.11. The molecule has 2 heterocycles. The number of hydrogen-bond donors (Lipinski definition) is 1. The molecule has 0 saturated heterocycles. The topological polar surface area (TPSA) is 91.1 Å². The number of benzene rings is 1. The van der Waals surface area contributed by atoms with Crippen molar-refractivity contribution in [1.82, 2.24) is 19.6 Å². The number of nitrogens with zero attached hydrogens (tertiary/aromatic N) is 5. The van der Waals surface area contributed by atoms with Gasteiger partial charge in [0.15, 0.2) is 0 Å². The minimum atomic E-state index is -0.125. The van der Waals surface area contributed by atoms with Gasteiger partial charge in [-0.2, -0.15) is 10.2 Å². The molecule has 7 nitrogen and oxygen atoms in total. The Balaban J connectivity index is 1.57. The molecule has 0 radical (unpaired) electrons. The van der Waals surface area contributed by atoms with Gasteiger partial charge in [-0.1, -0.05) is 11.8 Å².